The van der Waals surface area contributed by atoms with Crippen LogP contribution in [0.2, 0.25) is 0 Å². The van der Waals surface area contributed by atoms with Crippen LogP contribution in [0, 0.1) is 11.3 Å². The van der Waals surface area contributed by atoms with Gasteiger partial charge >= 0.3 is 12.4 Å². The van der Waals surface area contributed by atoms with Gasteiger partial charge < -0.3 is 0 Å². The van der Waals surface area contributed by atoms with Crippen molar-refractivity contribution in [1.82, 2.24) is 0 Å². The van der Waals surface area contributed by atoms with Gasteiger partial charge in [-0.05, 0) is 25.3 Å². The maximum Gasteiger partial charge on any atom is 0.398 e. The van der Waals surface area contributed by atoms with Crippen LogP contribution in [-0.2, 0) is 5.67 Å². The Bertz CT molecular complexity index is 682. The Labute approximate surface area is 152 Å². The summed E-state index contributed by atoms with van der Waals surface area (Å²) < 4.78 is 112. The summed E-state index contributed by atoms with van der Waals surface area (Å²) in [6, 6.07) is 5.58. The molecule has 0 heterocycles. The first kappa shape index (κ1) is 19.2. The Balaban J connectivity index is 2.39. The van der Waals surface area contributed by atoms with Crippen LogP contribution in [0.5, 0.6) is 0 Å². The lowest BCUT2D eigenvalue weighted by atomic mass is 9.58. The predicted molar refractivity (Wildman–Crippen MR) is 82.8 cm³/mol. The molecule has 0 radical (unpaired) electrons. The highest BCUT2D eigenvalue weighted by Gasteiger charge is 2.93. The van der Waals surface area contributed by atoms with E-state index < -0.39 is 56.8 Å². The molecule has 2 fully saturated rings. The number of hydrogen-bond acceptors (Lipinski definition) is 0. The molecule has 0 saturated heterocycles. The molecule has 0 aliphatic heterocycles. The molecule has 140 valence electrons. The van der Waals surface area contributed by atoms with Crippen LogP contribution in [0.25, 0.3) is 0 Å². The summed E-state index contributed by atoms with van der Waals surface area (Å²) in [4.78, 5) is 0. The molecular formula is C16H13F8I. The maximum absolute atomic E-state index is 16.1. The van der Waals surface area contributed by atoms with Crippen molar-refractivity contribution < 1.29 is 35.1 Å². The topological polar surface area (TPSA) is 0 Å². The van der Waals surface area contributed by atoms with Gasteiger partial charge in [0.25, 0.3) is 0 Å². The van der Waals surface area contributed by atoms with Crippen LogP contribution in [-0.4, -0.2) is 21.4 Å². The van der Waals surface area contributed by atoms with Crippen LogP contribution in [0.3, 0.4) is 0 Å². The Morgan fingerprint density at radius 2 is 1.52 bits per heavy atom. The van der Waals surface area contributed by atoms with Crippen molar-refractivity contribution in [1.29, 1.82) is 0 Å². The molecule has 9 heteroatoms. The molecule has 0 amide bonds. The lowest BCUT2D eigenvalue weighted by Crippen LogP contribution is -2.65. The summed E-state index contributed by atoms with van der Waals surface area (Å²) in [7, 11) is 0. The molecule has 25 heavy (non-hydrogen) atoms. The Morgan fingerprint density at radius 1 is 1.00 bits per heavy atom. The fourth-order valence-electron chi connectivity index (χ4n) is 4.67. The van der Waals surface area contributed by atoms with E-state index in [0.29, 0.717) is 6.92 Å². The third kappa shape index (κ3) is 2.04. The normalized spacial score (nSPS) is 44.3. The molecule has 2 bridgehead atoms. The van der Waals surface area contributed by atoms with Crippen molar-refractivity contribution in [2.24, 2.45) is 11.3 Å². The Morgan fingerprint density at radius 3 is 1.96 bits per heavy atom. The van der Waals surface area contributed by atoms with Crippen LogP contribution < -0.4 is 0 Å². The molecule has 2 saturated carbocycles. The van der Waals surface area contributed by atoms with Gasteiger partial charge in [-0.3, -0.25) is 0 Å². The van der Waals surface area contributed by atoms with E-state index in [2.05, 4.69) is 0 Å². The molecule has 0 nitrogen and oxygen atoms in total. The maximum atomic E-state index is 16.1. The van der Waals surface area contributed by atoms with Crippen molar-refractivity contribution in [3.05, 3.63) is 35.9 Å². The molecular weight excluding hydrogens is 471 g/mol. The number of fused-ring (bicyclic) bond motifs is 2. The monoisotopic (exact) mass is 484 g/mol. The second-order valence-electron chi connectivity index (χ2n) is 6.94. The van der Waals surface area contributed by atoms with Gasteiger partial charge in [-0.15, -0.1) is 0 Å². The Hall–Kier alpha value is -0.610. The zero-order chi connectivity index (χ0) is 19.1. The predicted octanol–water partition coefficient (Wildman–Crippen LogP) is 6.29. The molecule has 2 aliphatic carbocycles. The fourth-order valence-corrected chi connectivity index (χ4v) is 6.08. The zero-order valence-electron chi connectivity index (χ0n) is 12.8. The lowest BCUT2D eigenvalue weighted by Gasteiger charge is -2.52. The van der Waals surface area contributed by atoms with Crippen LogP contribution in [0.4, 0.5) is 35.1 Å². The highest BCUT2D eigenvalue weighted by atomic mass is 127. The number of rotatable bonds is 1. The first-order chi connectivity index (χ1) is 11.2. The van der Waals surface area contributed by atoms with Gasteiger partial charge in [0.15, 0.2) is 11.3 Å². The van der Waals surface area contributed by atoms with Crippen molar-refractivity contribution in [3.63, 3.8) is 0 Å². The number of alkyl halides is 9. The van der Waals surface area contributed by atoms with Crippen LogP contribution in [0.15, 0.2) is 30.3 Å². The van der Waals surface area contributed by atoms with Crippen molar-refractivity contribution in [2.75, 3.05) is 0 Å². The minimum Gasteiger partial charge on any atom is -0.239 e. The molecule has 5 unspecified atom stereocenters. The fraction of sp³-hybridized carbons (Fsp3) is 0.625. The summed E-state index contributed by atoms with van der Waals surface area (Å²) in [6.07, 6.45) is -13.2. The van der Waals surface area contributed by atoms with Gasteiger partial charge in [-0.2, -0.15) is 26.3 Å². The number of hydrogen-bond donors (Lipinski definition) is 0. The smallest absolute Gasteiger partial charge is 0.239 e. The molecule has 2 aliphatic rings. The number of benzene rings is 1. The largest absolute Gasteiger partial charge is 0.398 e. The quantitative estimate of drug-likeness (QED) is 0.250. The van der Waals surface area contributed by atoms with Crippen LogP contribution >= 0.6 is 22.6 Å². The standard InChI is InChI=1S/C16H13F8I/c1-11(17)12(25)7-10(15(19,20)21)13(8-12,16(22,23)24)14(11,18)9-5-3-2-4-6-9/h2-6,10H,7-8H2,1H3. The summed E-state index contributed by atoms with van der Waals surface area (Å²) >= 11 is 1.26. The second kappa shape index (κ2) is 5.01. The molecule has 0 spiro atoms. The van der Waals surface area contributed by atoms with E-state index in [-0.39, 0.29) is 0 Å². The van der Waals surface area contributed by atoms with Crippen molar-refractivity contribution in [2.45, 2.75) is 46.9 Å². The van der Waals surface area contributed by atoms with Gasteiger partial charge in [0, 0.05) is 0 Å². The zero-order valence-corrected chi connectivity index (χ0v) is 14.9. The molecule has 5 atom stereocenters. The van der Waals surface area contributed by atoms with E-state index in [1.165, 1.54) is 40.8 Å². The van der Waals surface area contributed by atoms with E-state index in [9.17, 15) is 26.3 Å². The highest BCUT2D eigenvalue weighted by molar-refractivity contribution is 14.1. The van der Waals surface area contributed by atoms with E-state index in [0.717, 1.165) is 12.1 Å². The SMILES string of the molecule is CC1(F)C2(I)CC(C(F)(F)F)C(C(F)(F)F)(C2)C1(F)c1ccccc1. The van der Waals surface area contributed by atoms with Gasteiger partial charge in [0.1, 0.15) is 5.41 Å². The molecule has 0 aromatic heterocycles. The average Bonchev–Trinajstić information content (AvgIpc) is 2.89. The van der Waals surface area contributed by atoms with Gasteiger partial charge in [0.05, 0.1) is 9.34 Å². The summed E-state index contributed by atoms with van der Waals surface area (Å²) in [5.41, 5.74) is -11.6. The van der Waals surface area contributed by atoms with Gasteiger partial charge in [0.2, 0.25) is 0 Å². The third-order valence-corrected chi connectivity index (χ3v) is 7.69. The molecule has 0 N–H and O–H groups in total. The first-order valence-corrected chi connectivity index (χ1v) is 8.49. The highest BCUT2D eigenvalue weighted by Crippen LogP contribution is 2.82. The van der Waals surface area contributed by atoms with E-state index >= 15 is 8.78 Å². The van der Waals surface area contributed by atoms with Gasteiger partial charge in [-0.25, -0.2) is 8.78 Å². The Kier molecular flexibility index (Phi) is 3.84. The van der Waals surface area contributed by atoms with E-state index in [4.69, 9.17) is 0 Å². The summed E-state index contributed by atoms with van der Waals surface area (Å²) in [6.45, 7) is 0.645. The molecule has 3 rings (SSSR count). The van der Waals surface area contributed by atoms with E-state index in [1.54, 1.807) is 0 Å². The van der Waals surface area contributed by atoms with E-state index in [1.807, 2.05) is 0 Å². The molecule has 1 aromatic carbocycles. The average molecular weight is 484 g/mol. The van der Waals surface area contributed by atoms with Crippen molar-refractivity contribution in [3.8, 4) is 0 Å². The number of halogens is 9. The van der Waals surface area contributed by atoms with Crippen molar-refractivity contribution >= 4 is 22.6 Å². The summed E-state index contributed by atoms with van der Waals surface area (Å²) in [5, 5.41) is 0. The third-order valence-electron chi connectivity index (χ3n) is 5.86. The lowest BCUT2D eigenvalue weighted by molar-refractivity contribution is -0.340. The minimum absolute atomic E-state index is 0.645. The minimum atomic E-state index is -5.57. The first-order valence-electron chi connectivity index (χ1n) is 7.41. The van der Waals surface area contributed by atoms with Gasteiger partial charge in [-0.1, -0.05) is 52.9 Å². The summed E-state index contributed by atoms with van der Waals surface area (Å²) in [5.74, 6) is -3.01. The second-order valence-corrected chi connectivity index (χ2v) is 9.00. The van der Waals surface area contributed by atoms with Crippen LogP contribution in [0.1, 0.15) is 25.3 Å². The molecule has 1 aromatic rings.